The highest BCUT2D eigenvalue weighted by Crippen LogP contribution is 2.31. The number of allylic oxidation sites excluding steroid dienone is 2. The van der Waals surface area contributed by atoms with E-state index in [-0.39, 0.29) is 17.0 Å². The Morgan fingerprint density at radius 3 is 2.89 bits per heavy atom. The molecule has 0 aromatic carbocycles. The molecule has 5 heteroatoms. The molecule has 2 atom stereocenters. The largest absolute Gasteiger partial charge is 0.468 e. The summed E-state index contributed by atoms with van der Waals surface area (Å²) in [6, 6.07) is 0. The van der Waals surface area contributed by atoms with E-state index in [1.807, 2.05) is 0 Å². The Kier molecular flexibility index (Phi) is 8.30. The number of ether oxygens (including phenoxy) is 1. The molecule has 0 bridgehead atoms. The van der Waals surface area contributed by atoms with Crippen LogP contribution in [0.25, 0.3) is 0 Å². The van der Waals surface area contributed by atoms with Crippen molar-refractivity contribution in [1.29, 1.82) is 0 Å². The number of rotatable bonds is 9. The average Bonchev–Trinajstić information content (AvgIpc) is 2.75. The van der Waals surface area contributed by atoms with Crippen LogP contribution < -0.4 is 0 Å². The summed E-state index contributed by atoms with van der Waals surface area (Å²) in [5.74, 6) is 2.86. The minimum Gasteiger partial charge on any atom is -0.468 e. The molecule has 0 saturated heterocycles. The van der Waals surface area contributed by atoms with Gasteiger partial charge in [0.1, 0.15) is 0 Å². The second-order valence-corrected chi connectivity index (χ2v) is 6.84. The number of carbonyl (C=O) groups excluding carboxylic acids is 2. The van der Waals surface area contributed by atoms with Crippen molar-refractivity contribution < 1.29 is 14.3 Å². The van der Waals surface area contributed by atoms with Gasteiger partial charge in [0.2, 0.25) is 0 Å². The van der Waals surface area contributed by atoms with Crippen LogP contribution in [0, 0.1) is 5.92 Å². The number of methoxy groups -OCH3 is 1. The highest BCUT2D eigenvalue weighted by Gasteiger charge is 2.29. The van der Waals surface area contributed by atoms with Gasteiger partial charge in [0.25, 0.3) is 0 Å². The summed E-state index contributed by atoms with van der Waals surface area (Å²) in [5, 5.41) is 0.130. The maximum Gasteiger partial charge on any atom is 0.315 e. The molecule has 0 heterocycles. The first-order valence-electron chi connectivity index (χ1n) is 6.67. The molecule has 0 fully saturated rings. The number of esters is 1. The molecule has 0 unspecified atom stereocenters. The maximum absolute atomic E-state index is 11.7. The topological polar surface area (TPSA) is 43.4 Å². The summed E-state index contributed by atoms with van der Waals surface area (Å²) in [7, 11) is 1.41. The van der Waals surface area contributed by atoms with Crippen LogP contribution in [0.1, 0.15) is 26.2 Å². The van der Waals surface area contributed by atoms with Gasteiger partial charge in [-0.1, -0.05) is 19.4 Å². The highest BCUT2D eigenvalue weighted by molar-refractivity contribution is 8.01. The van der Waals surface area contributed by atoms with Gasteiger partial charge in [0.05, 0.1) is 18.1 Å². The second kappa shape index (κ2) is 9.48. The van der Waals surface area contributed by atoms with Gasteiger partial charge in [-0.15, -0.1) is 11.8 Å². The quantitative estimate of drug-likeness (QED) is 0.484. The fourth-order valence-corrected chi connectivity index (χ4v) is 4.24. The normalized spacial score (nSPS) is 21.9. The van der Waals surface area contributed by atoms with Crippen LogP contribution in [-0.4, -0.2) is 41.4 Å². The number of carbonyl (C=O) groups is 2. The fraction of sp³-hybridized carbons (Fsp3) is 0.714. The lowest BCUT2D eigenvalue weighted by Crippen LogP contribution is -2.19. The summed E-state index contributed by atoms with van der Waals surface area (Å²) in [6.07, 6.45) is 7.04. The molecule has 0 N–H and O–H groups in total. The molecule has 3 nitrogen and oxygen atoms in total. The Morgan fingerprint density at radius 2 is 2.21 bits per heavy atom. The van der Waals surface area contributed by atoms with E-state index < -0.39 is 0 Å². The molecule has 108 valence electrons. The zero-order valence-electron chi connectivity index (χ0n) is 11.6. The first-order chi connectivity index (χ1) is 9.19. The standard InChI is InChI=1S/C14H22O3S2/c1-3-5-11-6-7-12(15)14(11)19-9-4-8-18-10-13(16)17-2/h6-7,11,14H,3-5,8-10H2,1-2H3/t11-,14+/m0/s1. The molecule has 19 heavy (non-hydrogen) atoms. The Bertz CT molecular complexity index is 329. The summed E-state index contributed by atoms with van der Waals surface area (Å²) in [5.41, 5.74) is 0. The molecule has 0 aliphatic heterocycles. The van der Waals surface area contributed by atoms with Crippen LogP contribution in [0.3, 0.4) is 0 Å². The molecule has 0 aromatic heterocycles. The lowest BCUT2D eigenvalue weighted by molar-refractivity contribution is -0.137. The SMILES string of the molecule is CCC[C@H]1C=CC(=O)[C@@H]1SCCCSCC(=O)OC. The molecular weight excluding hydrogens is 280 g/mol. The number of hydrogen-bond donors (Lipinski definition) is 0. The first-order valence-corrected chi connectivity index (χ1v) is 8.87. The fourth-order valence-electron chi connectivity index (χ4n) is 2.00. The van der Waals surface area contributed by atoms with Gasteiger partial charge in [-0.25, -0.2) is 0 Å². The first kappa shape index (κ1) is 16.6. The number of thioether (sulfide) groups is 2. The van der Waals surface area contributed by atoms with E-state index in [2.05, 4.69) is 17.7 Å². The third kappa shape index (κ3) is 6.04. The van der Waals surface area contributed by atoms with Crippen molar-refractivity contribution in [3.8, 4) is 0 Å². The van der Waals surface area contributed by atoms with E-state index in [0.717, 1.165) is 30.8 Å². The van der Waals surface area contributed by atoms with Gasteiger partial charge in [-0.05, 0) is 36.3 Å². The third-order valence-electron chi connectivity index (χ3n) is 2.98. The van der Waals surface area contributed by atoms with Crippen molar-refractivity contribution >= 4 is 35.3 Å². The number of ketones is 1. The van der Waals surface area contributed by atoms with E-state index in [9.17, 15) is 9.59 Å². The van der Waals surface area contributed by atoms with Crippen molar-refractivity contribution in [2.75, 3.05) is 24.4 Å². The van der Waals surface area contributed by atoms with E-state index in [4.69, 9.17) is 0 Å². The smallest absolute Gasteiger partial charge is 0.315 e. The Labute approximate surface area is 123 Å². The molecule has 1 aliphatic rings. The monoisotopic (exact) mass is 302 g/mol. The second-order valence-electron chi connectivity index (χ2n) is 4.49. The Balaban J connectivity index is 2.11. The Morgan fingerprint density at radius 1 is 1.42 bits per heavy atom. The summed E-state index contributed by atoms with van der Waals surface area (Å²) in [6.45, 7) is 2.15. The van der Waals surface area contributed by atoms with Gasteiger partial charge in [-0.2, -0.15) is 11.8 Å². The van der Waals surface area contributed by atoms with Crippen molar-refractivity contribution in [1.82, 2.24) is 0 Å². The minimum absolute atomic E-state index is 0.130. The van der Waals surface area contributed by atoms with E-state index >= 15 is 0 Å². The lowest BCUT2D eigenvalue weighted by atomic mass is 10.0. The van der Waals surface area contributed by atoms with Gasteiger partial charge in [-0.3, -0.25) is 9.59 Å². The molecule has 0 radical (unpaired) electrons. The van der Waals surface area contributed by atoms with Gasteiger partial charge >= 0.3 is 5.97 Å². The predicted molar refractivity (Wildman–Crippen MR) is 82.7 cm³/mol. The average molecular weight is 302 g/mol. The summed E-state index contributed by atoms with van der Waals surface area (Å²) < 4.78 is 4.58. The molecule has 0 amide bonds. The molecular formula is C14H22O3S2. The summed E-state index contributed by atoms with van der Waals surface area (Å²) >= 11 is 3.36. The van der Waals surface area contributed by atoms with Crippen molar-refractivity contribution in [3.63, 3.8) is 0 Å². The number of hydrogen-bond acceptors (Lipinski definition) is 5. The third-order valence-corrected chi connectivity index (χ3v) is 5.46. The lowest BCUT2D eigenvalue weighted by Gasteiger charge is -2.16. The zero-order valence-corrected chi connectivity index (χ0v) is 13.2. The molecule has 1 aliphatic carbocycles. The van der Waals surface area contributed by atoms with Crippen LogP contribution in [-0.2, 0) is 14.3 Å². The van der Waals surface area contributed by atoms with Crippen molar-refractivity contribution in [3.05, 3.63) is 12.2 Å². The van der Waals surface area contributed by atoms with Crippen LogP contribution in [0.5, 0.6) is 0 Å². The van der Waals surface area contributed by atoms with Crippen molar-refractivity contribution in [2.24, 2.45) is 5.92 Å². The van der Waals surface area contributed by atoms with Gasteiger partial charge in [0.15, 0.2) is 5.78 Å². The molecule has 0 aromatic rings. The maximum atomic E-state index is 11.7. The van der Waals surface area contributed by atoms with Crippen LogP contribution in [0.2, 0.25) is 0 Å². The predicted octanol–water partition coefficient (Wildman–Crippen LogP) is 2.94. The van der Waals surface area contributed by atoms with Gasteiger partial charge in [0, 0.05) is 0 Å². The molecule has 0 saturated carbocycles. The van der Waals surface area contributed by atoms with E-state index in [1.54, 1.807) is 29.6 Å². The minimum atomic E-state index is -0.171. The zero-order chi connectivity index (χ0) is 14.1. The van der Waals surface area contributed by atoms with Crippen molar-refractivity contribution in [2.45, 2.75) is 31.4 Å². The molecule has 0 spiro atoms. The van der Waals surface area contributed by atoms with Crippen LogP contribution >= 0.6 is 23.5 Å². The Hall–Kier alpha value is -0.420. The summed E-state index contributed by atoms with van der Waals surface area (Å²) in [4.78, 5) is 22.6. The van der Waals surface area contributed by atoms with Crippen LogP contribution in [0.4, 0.5) is 0 Å². The van der Waals surface area contributed by atoms with E-state index in [1.165, 1.54) is 7.11 Å². The van der Waals surface area contributed by atoms with Crippen LogP contribution in [0.15, 0.2) is 12.2 Å². The van der Waals surface area contributed by atoms with Gasteiger partial charge < -0.3 is 4.74 Å². The van der Waals surface area contributed by atoms with E-state index in [0.29, 0.717) is 11.7 Å². The molecule has 1 rings (SSSR count). The highest BCUT2D eigenvalue weighted by atomic mass is 32.2.